The SMILES string of the molecule is CSC1=N[C@@H](c2ccccc2Cl)[C@@H](c2ccccc2Cl)N1C(=O)O. The van der Waals surface area contributed by atoms with Crippen LogP contribution in [0.1, 0.15) is 23.2 Å². The van der Waals surface area contributed by atoms with Gasteiger partial charge in [-0.1, -0.05) is 71.4 Å². The average Bonchev–Trinajstić information content (AvgIpc) is 2.95. The van der Waals surface area contributed by atoms with Crippen molar-refractivity contribution in [1.29, 1.82) is 0 Å². The molecule has 4 nitrogen and oxygen atoms in total. The number of amidine groups is 1. The van der Waals surface area contributed by atoms with E-state index in [1.54, 1.807) is 18.4 Å². The van der Waals surface area contributed by atoms with Crippen LogP contribution in [0.15, 0.2) is 53.5 Å². The van der Waals surface area contributed by atoms with Gasteiger partial charge in [-0.25, -0.2) is 9.69 Å². The van der Waals surface area contributed by atoms with E-state index < -0.39 is 18.2 Å². The molecular formula is C17H14Cl2N2O2S. The number of rotatable bonds is 2. The number of aliphatic imine (C=N–C) groups is 1. The number of nitrogens with zero attached hydrogens (tertiary/aromatic N) is 2. The Hall–Kier alpha value is -1.69. The van der Waals surface area contributed by atoms with Crippen molar-refractivity contribution in [3.05, 3.63) is 69.7 Å². The largest absolute Gasteiger partial charge is 0.465 e. The van der Waals surface area contributed by atoms with Gasteiger partial charge in [0.15, 0.2) is 5.17 Å². The van der Waals surface area contributed by atoms with E-state index in [1.165, 1.54) is 16.7 Å². The van der Waals surface area contributed by atoms with Gasteiger partial charge in [0.25, 0.3) is 0 Å². The summed E-state index contributed by atoms with van der Waals surface area (Å²) in [6.07, 6.45) is 0.732. The molecule has 0 fully saturated rings. The molecule has 1 amide bonds. The van der Waals surface area contributed by atoms with E-state index in [4.69, 9.17) is 23.2 Å². The van der Waals surface area contributed by atoms with E-state index in [0.29, 0.717) is 20.8 Å². The number of carboxylic acid groups (broad SMARTS) is 1. The second-order valence-corrected chi connectivity index (χ2v) is 6.79. The molecule has 1 heterocycles. The lowest BCUT2D eigenvalue weighted by molar-refractivity contribution is 0.158. The molecule has 0 saturated carbocycles. The van der Waals surface area contributed by atoms with E-state index >= 15 is 0 Å². The predicted octanol–water partition coefficient (Wildman–Crippen LogP) is 5.49. The molecule has 0 aliphatic carbocycles. The minimum Gasteiger partial charge on any atom is -0.465 e. The van der Waals surface area contributed by atoms with Crippen molar-refractivity contribution in [2.45, 2.75) is 12.1 Å². The molecule has 0 bridgehead atoms. The summed E-state index contributed by atoms with van der Waals surface area (Å²) < 4.78 is 0. The van der Waals surface area contributed by atoms with Crippen molar-refractivity contribution >= 4 is 46.2 Å². The fourth-order valence-electron chi connectivity index (χ4n) is 2.84. The zero-order valence-electron chi connectivity index (χ0n) is 12.7. The van der Waals surface area contributed by atoms with Crippen molar-refractivity contribution in [3.8, 4) is 0 Å². The van der Waals surface area contributed by atoms with Crippen molar-refractivity contribution in [2.75, 3.05) is 6.26 Å². The maximum atomic E-state index is 11.9. The summed E-state index contributed by atoms with van der Waals surface area (Å²) in [4.78, 5) is 17.8. The van der Waals surface area contributed by atoms with Crippen LogP contribution in [0.4, 0.5) is 4.79 Å². The normalized spacial score (nSPS) is 20.1. The molecule has 1 aliphatic rings. The molecule has 0 spiro atoms. The third-order valence-electron chi connectivity index (χ3n) is 3.87. The average molecular weight is 381 g/mol. The molecule has 3 rings (SSSR count). The van der Waals surface area contributed by atoms with Crippen molar-refractivity contribution < 1.29 is 9.90 Å². The first-order valence-electron chi connectivity index (χ1n) is 7.17. The van der Waals surface area contributed by atoms with Gasteiger partial charge < -0.3 is 5.11 Å². The molecule has 2 aromatic carbocycles. The molecule has 2 aromatic rings. The number of benzene rings is 2. The fraction of sp³-hybridized carbons (Fsp3) is 0.176. The lowest BCUT2D eigenvalue weighted by atomic mass is 9.94. The molecule has 2 atom stereocenters. The summed E-state index contributed by atoms with van der Waals surface area (Å²) in [7, 11) is 0. The number of amides is 1. The van der Waals surface area contributed by atoms with Crippen molar-refractivity contribution in [2.24, 2.45) is 4.99 Å². The van der Waals surface area contributed by atoms with Gasteiger partial charge >= 0.3 is 6.09 Å². The number of carbonyl (C=O) groups is 1. The van der Waals surface area contributed by atoms with E-state index in [1.807, 2.05) is 36.4 Å². The number of thioether (sulfide) groups is 1. The maximum absolute atomic E-state index is 11.9. The monoisotopic (exact) mass is 380 g/mol. The van der Waals surface area contributed by atoms with Crippen LogP contribution in [0.5, 0.6) is 0 Å². The van der Waals surface area contributed by atoms with Gasteiger partial charge in [-0.15, -0.1) is 0 Å². The van der Waals surface area contributed by atoms with Crippen LogP contribution in [0.3, 0.4) is 0 Å². The third-order valence-corrected chi connectivity index (χ3v) is 5.22. The van der Waals surface area contributed by atoms with Crippen molar-refractivity contribution in [1.82, 2.24) is 4.90 Å². The van der Waals surface area contributed by atoms with Crippen molar-refractivity contribution in [3.63, 3.8) is 0 Å². The Kier molecular flexibility index (Phi) is 5.04. The van der Waals surface area contributed by atoms with Gasteiger partial charge in [-0.05, 0) is 29.5 Å². The van der Waals surface area contributed by atoms with E-state index in [-0.39, 0.29) is 0 Å². The molecule has 1 N–H and O–H groups in total. The number of hydrogen-bond acceptors (Lipinski definition) is 3. The summed E-state index contributed by atoms with van der Waals surface area (Å²) in [6, 6.07) is 13.6. The summed E-state index contributed by atoms with van der Waals surface area (Å²) in [5, 5.41) is 11.2. The zero-order chi connectivity index (χ0) is 17.3. The highest BCUT2D eigenvalue weighted by atomic mass is 35.5. The molecule has 0 unspecified atom stereocenters. The summed E-state index contributed by atoms with van der Waals surface area (Å²) in [5.74, 6) is 0. The third kappa shape index (κ3) is 2.99. The number of halogens is 2. The zero-order valence-corrected chi connectivity index (χ0v) is 15.0. The second-order valence-electron chi connectivity index (χ2n) is 5.20. The van der Waals surface area contributed by atoms with Gasteiger partial charge in [0.05, 0.1) is 6.04 Å². The maximum Gasteiger partial charge on any atom is 0.414 e. The smallest absolute Gasteiger partial charge is 0.414 e. The van der Waals surface area contributed by atoms with Crippen LogP contribution in [-0.2, 0) is 0 Å². The molecule has 1 aliphatic heterocycles. The Morgan fingerprint density at radius 2 is 1.62 bits per heavy atom. The quantitative estimate of drug-likeness (QED) is 0.749. The van der Waals surface area contributed by atoms with Crippen LogP contribution in [-0.4, -0.2) is 27.5 Å². The second kappa shape index (κ2) is 7.05. The number of hydrogen-bond donors (Lipinski definition) is 1. The molecule has 7 heteroatoms. The molecule has 0 aromatic heterocycles. The first-order chi connectivity index (χ1) is 11.5. The van der Waals surface area contributed by atoms with E-state index in [2.05, 4.69) is 4.99 Å². The lowest BCUT2D eigenvalue weighted by Gasteiger charge is -2.27. The standard InChI is InChI=1S/C17H14Cl2N2O2S/c1-24-16-20-14(10-6-2-4-8-12(10)18)15(21(16)17(22)23)11-7-3-5-9-13(11)19/h2-9,14-15H,1H3,(H,22,23)/t14-,15+/m0/s1. The molecule has 124 valence electrons. The van der Waals surface area contributed by atoms with E-state index in [9.17, 15) is 9.90 Å². The Morgan fingerprint density at radius 3 is 2.12 bits per heavy atom. The van der Waals surface area contributed by atoms with Gasteiger partial charge in [0, 0.05) is 10.0 Å². The summed E-state index contributed by atoms with van der Waals surface area (Å²) in [5.41, 5.74) is 1.48. The van der Waals surface area contributed by atoms with E-state index in [0.717, 1.165) is 5.56 Å². The molecule has 24 heavy (non-hydrogen) atoms. The predicted molar refractivity (Wildman–Crippen MR) is 99.2 cm³/mol. The minimum absolute atomic E-state index is 0.428. The van der Waals surface area contributed by atoms with Crippen LogP contribution < -0.4 is 0 Å². The summed E-state index contributed by atoms with van der Waals surface area (Å²) >= 11 is 14.0. The van der Waals surface area contributed by atoms with Crippen LogP contribution in [0.25, 0.3) is 0 Å². The lowest BCUT2D eigenvalue weighted by Crippen LogP contribution is -2.34. The van der Waals surface area contributed by atoms with Gasteiger partial charge in [-0.2, -0.15) is 0 Å². The van der Waals surface area contributed by atoms with Crippen LogP contribution in [0.2, 0.25) is 10.0 Å². The molecule has 0 radical (unpaired) electrons. The molecule has 0 saturated heterocycles. The van der Waals surface area contributed by atoms with Gasteiger partial charge in [0.2, 0.25) is 0 Å². The van der Waals surface area contributed by atoms with Crippen LogP contribution in [0, 0.1) is 0 Å². The summed E-state index contributed by atoms with van der Waals surface area (Å²) in [6.45, 7) is 0. The highest BCUT2D eigenvalue weighted by Crippen LogP contribution is 2.47. The Balaban J connectivity index is 2.18. The van der Waals surface area contributed by atoms with Crippen LogP contribution >= 0.6 is 35.0 Å². The Morgan fingerprint density at radius 1 is 1.08 bits per heavy atom. The topological polar surface area (TPSA) is 52.9 Å². The fourth-order valence-corrected chi connectivity index (χ4v) is 3.94. The minimum atomic E-state index is -1.07. The Labute approximate surface area is 154 Å². The molecular weight excluding hydrogens is 367 g/mol. The highest BCUT2D eigenvalue weighted by molar-refractivity contribution is 8.13. The van der Waals surface area contributed by atoms with Gasteiger partial charge in [0.1, 0.15) is 6.04 Å². The Bertz CT molecular complexity index is 813. The first-order valence-corrected chi connectivity index (χ1v) is 9.15. The van der Waals surface area contributed by atoms with Gasteiger partial charge in [-0.3, -0.25) is 4.99 Å². The first kappa shape index (κ1) is 17.1. The highest BCUT2D eigenvalue weighted by Gasteiger charge is 2.43.